The van der Waals surface area contributed by atoms with Crippen molar-refractivity contribution in [3.63, 3.8) is 0 Å². The summed E-state index contributed by atoms with van der Waals surface area (Å²) in [6.45, 7) is 1.80. The van der Waals surface area contributed by atoms with Crippen LogP contribution in [0.3, 0.4) is 0 Å². The minimum Gasteiger partial charge on any atom is -0.339 e. The van der Waals surface area contributed by atoms with Gasteiger partial charge < -0.3 is 4.90 Å². The Morgan fingerprint density at radius 3 is 2.40 bits per heavy atom. The Labute approximate surface area is 146 Å². The summed E-state index contributed by atoms with van der Waals surface area (Å²) in [5.74, 6) is -0.256. The van der Waals surface area contributed by atoms with E-state index < -0.39 is 4.92 Å². The van der Waals surface area contributed by atoms with E-state index in [-0.39, 0.29) is 36.3 Å². The molecule has 1 atom stereocenters. The van der Waals surface area contributed by atoms with E-state index in [2.05, 4.69) is 0 Å². The molecule has 2 aromatic rings. The van der Waals surface area contributed by atoms with Gasteiger partial charge in [-0.1, -0.05) is 42.5 Å². The molecule has 2 aromatic carbocycles. The van der Waals surface area contributed by atoms with Crippen LogP contribution < -0.4 is 0 Å². The van der Waals surface area contributed by atoms with Crippen molar-refractivity contribution in [2.24, 2.45) is 0 Å². The van der Waals surface area contributed by atoms with Crippen LogP contribution in [0.4, 0.5) is 5.69 Å². The maximum atomic E-state index is 12.4. The normalized spacial score (nSPS) is 11.6. The number of nitro benzene ring substituents is 1. The second kappa shape index (κ2) is 8.19. The molecule has 0 spiro atoms. The second-order valence-corrected chi connectivity index (χ2v) is 5.82. The van der Waals surface area contributed by atoms with Crippen molar-refractivity contribution in [3.8, 4) is 0 Å². The predicted octanol–water partition coefficient (Wildman–Crippen LogP) is 3.78. The van der Waals surface area contributed by atoms with Gasteiger partial charge >= 0.3 is 0 Å². The van der Waals surface area contributed by atoms with Crippen LogP contribution in [0.2, 0.25) is 0 Å². The maximum absolute atomic E-state index is 12.4. The van der Waals surface area contributed by atoms with Crippen LogP contribution in [-0.2, 0) is 4.79 Å². The first-order valence-corrected chi connectivity index (χ1v) is 7.98. The average Bonchev–Trinajstić information content (AvgIpc) is 2.65. The SMILES string of the molecule is C[C@H](c1cccc([N+](=O)[O-])c1)N(C)C(=O)CCC(=O)c1ccccc1. The molecule has 6 heteroatoms. The Morgan fingerprint density at radius 1 is 1.08 bits per heavy atom. The Morgan fingerprint density at radius 2 is 1.76 bits per heavy atom. The van der Waals surface area contributed by atoms with Gasteiger partial charge in [0.25, 0.3) is 5.69 Å². The highest BCUT2D eigenvalue weighted by molar-refractivity contribution is 5.97. The highest BCUT2D eigenvalue weighted by atomic mass is 16.6. The topological polar surface area (TPSA) is 80.5 Å². The Kier molecular flexibility index (Phi) is 6.00. The molecule has 0 aromatic heterocycles. The molecule has 0 saturated heterocycles. The fraction of sp³-hybridized carbons (Fsp3) is 0.263. The van der Waals surface area contributed by atoms with Crippen LogP contribution in [0.5, 0.6) is 0 Å². The molecule has 2 rings (SSSR count). The summed E-state index contributed by atoms with van der Waals surface area (Å²) in [5.41, 5.74) is 1.26. The van der Waals surface area contributed by atoms with Gasteiger partial charge in [0.2, 0.25) is 5.91 Å². The highest BCUT2D eigenvalue weighted by Crippen LogP contribution is 2.23. The van der Waals surface area contributed by atoms with Crippen molar-refractivity contribution in [1.29, 1.82) is 0 Å². The van der Waals surface area contributed by atoms with Crippen LogP contribution in [0, 0.1) is 10.1 Å². The van der Waals surface area contributed by atoms with E-state index in [1.807, 2.05) is 6.07 Å². The first kappa shape index (κ1) is 18.3. The standard InChI is InChI=1S/C19H20N2O4/c1-14(16-9-6-10-17(13-16)21(24)25)20(2)19(23)12-11-18(22)15-7-4-3-5-8-15/h3-10,13-14H,11-12H2,1-2H3/t14-/m1/s1. The predicted molar refractivity (Wildman–Crippen MR) is 94.3 cm³/mol. The molecular formula is C19H20N2O4. The maximum Gasteiger partial charge on any atom is 0.269 e. The molecule has 0 unspecified atom stereocenters. The van der Waals surface area contributed by atoms with Crippen LogP contribution in [0.1, 0.15) is 41.7 Å². The zero-order valence-electron chi connectivity index (χ0n) is 14.2. The van der Waals surface area contributed by atoms with E-state index in [4.69, 9.17) is 0 Å². The van der Waals surface area contributed by atoms with Gasteiger partial charge in [-0.25, -0.2) is 0 Å². The smallest absolute Gasteiger partial charge is 0.269 e. The Bertz CT molecular complexity index is 774. The Hall–Kier alpha value is -3.02. The monoisotopic (exact) mass is 340 g/mol. The van der Waals surface area contributed by atoms with E-state index in [1.165, 1.54) is 17.0 Å². The summed E-state index contributed by atoms with van der Waals surface area (Å²) in [6, 6.07) is 14.7. The van der Waals surface area contributed by atoms with Gasteiger partial charge in [0.05, 0.1) is 11.0 Å². The van der Waals surface area contributed by atoms with Gasteiger partial charge in [0, 0.05) is 37.6 Å². The fourth-order valence-corrected chi connectivity index (χ4v) is 2.50. The molecule has 0 aliphatic rings. The third-order valence-electron chi connectivity index (χ3n) is 4.20. The second-order valence-electron chi connectivity index (χ2n) is 5.82. The number of ketones is 1. The average molecular weight is 340 g/mol. The summed E-state index contributed by atoms with van der Waals surface area (Å²) in [7, 11) is 1.64. The molecule has 0 bridgehead atoms. The molecule has 1 amide bonds. The molecule has 0 aliphatic carbocycles. The molecule has 6 nitrogen and oxygen atoms in total. The van der Waals surface area contributed by atoms with Crippen molar-refractivity contribution >= 4 is 17.4 Å². The quantitative estimate of drug-likeness (QED) is 0.436. The molecule has 130 valence electrons. The number of Topliss-reactive ketones (excluding diaryl/α,β-unsaturated/α-hetero) is 1. The van der Waals surface area contributed by atoms with E-state index >= 15 is 0 Å². The summed E-state index contributed by atoms with van der Waals surface area (Å²) < 4.78 is 0. The van der Waals surface area contributed by atoms with Crippen LogP contribution >= 0.6 is 0 Å². The number of non-ortho nitro benzene ring substituents is 1. The molecule has 0 aliphatic heterocycles. The first-order chi connectivity index (χ1) is 11.9. The fourth-order valence-electron chi connectivity index (χ4n) is 2.50. The lowest BCUT2D eigenvalue weighted by Crippen LogP contribution is -2.29. The number of rotatable bonds is 7. The number of nitro groups is 1. The molecule has 0 saturated carbocycles. The van der Waals surface area contributed by atoms with E-state index in [9.17, 15) is 19.7 Å². The van der Waals surface area contributed by atoms with E-state index in [0.29, 0.717) is 11.1 Å². The van der Waals surface area contributed by atoms with Crippen molar-refractivity contribution < 1.29 is 14.5 Å². The van der Waals surface area contributed by atoms with Crippen LogP contribution in [0.25, 0.3) is 0 Å². The molecule has 0 fully saturated rings. The van der Waals surface area contributed by atoms with Gasteiger partial charge in [-0.2, -0.15) is 0 Å². The van der Waals surface area contributed by atoms with Gasteiger partial charge in [-0.3, -0.25) is 19.7 Å². The lowest BCUT2D eigenvalue weighted by atomic mass is 10.0. The van der Waals surface area contributed by atoms with E-state index in [0.717, 1.165) is 0 Å². The number of carbonyl (C=O) groups excluding carboxylic acids is 2. The van der Waals surface area contributed by atoms with Crippen molar-refractivity contribution in [1.82, 2.24) is 4.90 Å². The molecule has 25 heavy (non-hydrogen) atoms. The molecule has 0 N–H and O–H groups in total. The number of hydrogen-bond acceptors (Lipinski definition) is 4. The highest BCUT2D eigenvalue weighted by Gasteiger charge is 2.20. The largest absolute Gasteiger partial charge is 0.339 e. The van der Waals surface area contributed by atoms with Crippen LogP contribution in [0.15, 0.2) is 54.6 Å². The first-order valence-electron chi connectivity index (χ1n) is 7.98. The van der Waals surface area contributed by atoms with Gasteiger partial charge in [-0.15, -0.1) is 0 Å². The molecule has 0 radical (unpaired) electrons. The van der Waals surface area contributed by atoms with Gasteiger partial charge in [-0.05, 0) is 12.5 Å². The van der Waals surface area contributed by atoms with Gasteiger partial charge in [0.1, 0.15) is 0 Å². The lowest BCUT2D eigenvalue weighted by Gasteiger charge is -2.25. The number of carbonyl (C=O) groups is 2. The number of benzene rings is 2. The summed E-state index contributed by atoms with van der Waals surface area (Å²) in [4.78, 5) is 36.4. The van der Waals surface area contributed by atoms with Crippen molar-refractivity contribution in [2.45, 2.75) is 25.8 Å². The number of amides is 1. The Balaban J connectivity index is 1.98. The third-order valence-corrected chi connectivity index (χ3v) is 4.20. The number of hydrogen-bond donors (Lipinski definition) is 0. The minimum atomic E-state index is -0.462. The molecular weight excluding hydrogens is 320 g/mol. The van der Waals surface area contributed by atoms with Crippen LogP contribution in [-0.4, -0.2) is 28.6 Å². The molecule has 0 heterocycles. The zero-order chi connectivity index (χ0) is 18.4. The minimum absolute atomic E-state index is 0.00976. The van der Waals surface area contributed by atoms with Crippen molar-refractivity contribution in [3.05, 3.63) is 75.8 Å². The van der Waals surface area contributed by atoms with Crippen molar-refractivity contribution in [2.75, 3.05) is 7.05 Å². The summed E-state index contributed by atoms with van der Waals surface area (Å²) in [5, 5.41) is 10.9. The summed E-state index contributed by atoms with van der Waals surface area (Å²) in [6.07, 6.45) is 0.234. The van der Waals surface area contributed by atoms with Gasteiger partial charge in [0.15, 0.2) is 5.78 Å². The zero-order valence-corrected chi connectivity index (χ0v) is 14.2. The van der Waals surface area contributed by atoms with E-state index in [1.54, 1.807) is 50.4 Å². The number of nitrogens with zero attached hydrogens (tertiary/aromatic N) is 2. The summed E-state index contributed by atoms with van der Waals surface area (Å²) >= 11 is 0. The third kappa shape index (κ3) is 4.73. The lowest BCUT2D eigenvalue weighted by molar-refractivity contribution is -0.384.